The Hall–Kier alpha value is -1.82. The number of benzene rings is 1. The smallest absolute Gasteiger partial charge is 0.227 e. The molecule has 0 fully saturated rings. The fraction of sp³-hybridized carbons (Fsp3) is 0.357. The molecule has 20 heavy (non-hydrogen) atoms. The summed E-state index contributed by atoms with van der Waals surface area (Å²) in [5, 5.41) is 9.18. The van der Waals surface area contributed by atoms with Gasteiger partial charge in [0.2, 0.25) is 5.91 Å². The van der Waals surface area contributed by atoms with Crippen LogP contribution in [0.3, 0.4) is 0 Å². The highest BCUT2D eigenvalue weighted by Crippen LogP contribution is 2.24. The van der Waals surface area contributed by atoms with Crippen LogP contribution < -0.4 is 5.73 Å². The van der Waals surface area contributed by atoms with Gasteiger partial charge in [-0.05, 0) is 5.92 Å². The van der Waals surface area contributed by atoms with Crippen molar-refractivity contribution in [2.75, 3.05) is 5.75 Å². The zero-order valence-corrected chi connectivity index (χ0v) is 12.4. The second-order valence-corrected chi connectivity index (χ2v) is 5.87. The summed E-state index contributed by atoms with van der Waals surface area (Å²) in [6.45, 7) is 5.08. The zero-order valence-electron chi connectivity index (χ0n) is 11.6. The molecule has 0 bridgehead atoms. The standard InChI is InChI=1S/C14H18N4OS/c1-10(2)8-18-13(11-6-4-3-5-7-11)16-17-14(18)20-9-12(15)19/h3-7,10H,8-9H2,1-2H3,(H2,15,19). The number of amides is 1. The molecular formula is C14H18N4OS. The van der Waals surface area contributed by atoms with Crippen molar-refractivity contribution in [1.82, 2.24) is 14.8 Å². The quantitative estimate of drug-likeness (QED) is 0.827. The number of nitrogens with zero attached hydrogens (tertiary/aromatic N) is 3. The third-order valence-electron chi connectivity index (χ3n) is 2.64. The fourth-order valence-electron chi connectivity index (χ4n) is 1.86. The Kier molecular flexibility index (Phi) is 4.79. The molecule has 0 saturated heterocycles. The molecule has 0 aliphatic carbocycles. The highest BCUT2D eigenvalue weighted by molar-refractivity contribution is 7.99. The lowest BCUT2D eigenvalue weighted by molar-refractivity contribution is -0.115. The summed E-state index contributed by atoms with van der Waals surface area (Å²) < 4.78 is 2.05. The third kappa shape index (κ3) is 3.60. The van der Waals surface area contributed by atoms with Crippen LogP contribution in [0.2, 0.25) is 0 Å². The van der Waals surface area contributed by atoms with E-state index in [0.717, 1.165) is 23.1 Å². The van der Waals surface area contributed by atoms with E-state index in [1.165, 1.54) is 11.8 Å². The van der Waals surface area contributed by atoms with E-state index in [9.17, 15) is 4.79 Å². The lowest BCUT2D eigenvalue weighted by atomic mass is 10.2. The maximum atomic E-state index is 10.9. The Balaban J connectivity index is 2.34. The summed E-state index contributed by atoms with van der Waals surface area (Å²) >= 11 is 1.33. The van der Waals surface area contributed by atoms with Gasteiger partial charge in [0.05, 0.1) is 5.75 Å². The molecule has 0 atom stereocenters. The van der Waals surface area contributed by atoms with Crippen LogP contribution in [0.25, 0.3) is 11.4 Å². The van der Waals surface area contributed by atoms with Gasteiger partial charge in [-0.2, -0.15) is 0 Å². The van der Waals surface area contributed by atoms with Crippen molar-refractivity contribution >= 4 is 17.7 Å². The molecule has 2 aromatic rings. The average molecular weight is 290 g/mol. The molecule has 0 aliphatic heterocycles. The first kappa shape index (κ1) is 14.6. The number of carbonyl (C=O) groups is 1. The first-order chi connectivity index (χ1) is 9.58. The Morgan fingerprint density at radius 1 is 1.30 bits per heavy atom. The molecule has 1 amide bonds. The molecule has 2 N–H and O–H groups in total. The summed E-state index contributed by atoms with van der Waals surface area (Å²) in [4.78, 5) is 10.9. The van der Waals surface area contributed by atoms with E-state index >= 15 is 0 Å². The molecule has 1 heterocycles. The monoisotopic (exact) mass is 290 g/mol. The van der Waals surface area contributed by atoms with Crippen molar-refractivity contribution < 1.29 is 4.79 Å². The SMILES string of the molecule is CC(C)Cn1c(SCC(N)=O)nnc1-c1ccccc1. The Bertz CT molecular complexity index is 580. The van der Waals surface area contributed by atoms with Crippen LogP contribution in [0.15, 0.2) is 35.5 Å². The third-order valence-corrected chi connectivity index (χ3v) is 3.63. The Morgan fingerprint density at radius 3 is 2.60 bits per heavy atom. The van der Waals surface area contributed by atoms with Gasteiger partial charge in [-0.15, -0.1) is 10.2 Å². The molecular weight excluding hydrogens is 272 g/mol. The van der Waals surface area contributed by atoms with Crippen molar-refractivity contribution in [2.24, 2.45) is 11.7 Å². The van der Waals surface area contributed by atoms with Gasteiger partial charge in [-0.1, -0.05) is 55.9 Å². The van der Waals surface area contributed by atoms with Gasteiger partial charge in [-0.3, -0.25) is 4.79 Å². The molecule has 106 valence electrons. The molecule has 0 saturated carbocycles. The normalized spacial score (nSPS) is 10.9. The highest BCUT2D eigenvalue weighted by Gasteiger charge is 2.15. The minimum Gasteiger partial charge on any atom is -0.369 e. The Morgan fingerprint density at radius 2 is 2.00 bits per heavy atom. The van der Waals surface area contributed by atoms with Crippen LogP contribution in [0, 0.1) is 5.92 Å². The number of thioether (sulfide) groups is 1. The summed E-state index contributed by atoms with van der Waals surface area (Å²) in [7, 11) is 0. The number of hydrogen-bond acceptors (Lipinski definition) is 4. The van der Waals surface area contributed by atoms with Crippen molar-refractivity contribution in [2.45, 2.75) is 25.5 Å². The van der Waals surface area contributed by atoms with Gasteiger partial charge in [-0.25, -0.2) is 0 Å². The van der Waals surface area contributed by atoms with Crippen molar-refractivity contribution in [3.05, 3.63) is 30.3 Å². The molecule has 5 nitrogen and oxygen atoms in total. The molecule has 0 aliphatic rings. The first-order valence-corrected chi connectivity index (χ1v) is 7.46. The summed E-state index contributed by atoms with van der Waals surface area (Å²) in [6, 6.07) is 9.92. The lowest BCUT2D eigenvalue weighted by Gasteiger charge is -2.12. The molecule has 0 unspecified atom stereocenters. The van der Waals surface area contributed by atoms with E-state index in [-0.39, 0.29) is 11.7 Å². The Labute approximate surface area is 122 Å². The molecule has 0 radical (unpaired) electrons. The highest BCUT2D eigenvalue weighted by atomic mass is 32.2. The lowest BCUT2D eigenvalue weighted by Crippen LogP contribution is -2.14. The number of carbonyl (C=O) groups excluding carboxylic acids is 1. The minimum absolute atomic E-state index is 0.213. The van der Waals surface area contributed by atoms with Gasteiger partial charge in [0, 0.05) is 12.1 Å². The zero-order chi connectivity index (χ0) is 14.5. The molecule has 2 rings (SSSR count). The second-order valence-electron chi connectivity index (χ2n) is 4.93. The van der Waals surface area contributed by atoms with Gasteiger partial charge in [0.15, 0.2) is 11.0 Å². The van der Waals surface area contributed by atoms with Crippen LogP contribution in [0.5, 0.6) is 0 Å². The maximum Gasteiger partial charge on any atom is 0.227 e. The van der Waals surface area contributed by atoms with E-state index < -0.39 is 0 Å². The van der Waals surface area contributed by atoms with Crippen molar-refractivity contribution in [3.63, 3.8) is 0 Å². The number of nitrogens with two attached hydrogens (primary N) is 1. The van der Waals surface area contributed by atoms with Gasteiger partial charge < -0.3 is 10.3 Å². The number of primary amides is 1. The summed E-state index contributed by atoms with van der Waals surface area (Å²) in [5.41, 5.74) is 6.21. The van der Waals surface area contributed by atoms with E-state index in [1.807, 2.05) is 34.9 Å². The summed E-state index contributed by atoms with van der Waals surface area (Å²) in [5.74, 6) is 1.15. The second kappa shape index (κ2) is 6.56. The number of hydrogen-bond donors (Lipinski definition) is 1. The predicted molar refractivity (Wildman–Crippen MR) is 80.2 cm³/mol. The topological polar surface area (TPSA) is 73.8 Å². The first-order valence-electron chi connectivity index (χ1n) is 6.47. The fourth-order valence-corrected chi connectivity index (χ4v) is 2.55. The number of aromatic nitrogens is 3. The molecule has 6 heteroatoms. The number of rotatable bonds is 6. The van der Waals surface area contributed by atoms with E-state index in [1.54, 1.807) is 0 Å². The largest absolute Gasteiger partial charge is 0.369 e. The van der Waals surface area contributed by atoms with E-state index in [0.29, 0.717) is 5.92 Å². The van der Waals surface area contributed by atoms with Crippen LogP contribution in [-0.2, 0) is 11.3 Å². The molecule has 1 aromatic heterocycles. The van der Waals surface area contributed by atoms with E-state index in [4.69, 9.17) is 5.73 Å². The van der Waals surface area contributed by atoms with Gasteiger partial charge in [0.1, 0.15) is 0 Å². The maximum absolute atomic E-state index is 10.9. The minimum atomic E-state index is -0.352. The van der Waals surface area contributed by atoms with Crippen LogP contribution in [0.1, 0.15) is 13.8 Å². The van der Waals surface area contributed by atoms with Crippen LogP contribution in [0.4, 0.5) is 0 Å². The van der Waals surface area contributed by atoms with Gasteiger partial charge >= 0.3 is 0 Å². The summed E-state index contributed by atoms with van der Waals surface area (Å²) in [6.07, 6.45) is 0. The van der Waals surface area contributed by atoms with Crippen LogP contribution in [-0.4, -0.2) is 26.4 Å². The van der Waals surface area contributed by atoms with E-state index in [2.05, 4.69) is 24.0 Å². The molecule has 1 aromatic carbocycles. The van der Waals surface area contributed by atoms with Crippen molar-refractivity contribution in [1.29, 1.82) is 0 Å². The average Bonchev–Trinajstić information content (AvgIpc) is 2.79. The van der Waals surface area contributed by atoms with Gasteiger partial charge in [0.25, 0.3) is 0 Å². The van der Waals surface area contributed by atoms with Crippen molar-refractivity contribution in [3.8, 4) is 11.4 Å². The molecule has 0 spiro atoms. The predicted octanol–water partition coefficient (Wildman–Crippen LogP) is 2.18. The van der Waals surface area contributed by atoms with Crippen LogP contribution >= 0.6 is 11.8 Å².